The molecule has 1 atom stereocenters. The summed E-state index contributed by atoms with van der Waals surface area (Å²) in [5.41, 5.74) is 8.15. The van der Waals surface area contributed by atoms with E-state index in [1.54, 1.807) is 16.9 Å². The van der Waals surface area contributed by atoms with Crippen molar-refractivity contribution < 1.29 is 0 Å². The molecule has 1 aromatic rings. The molecule has 2 nitrogen and oxygen atoms in total. The van der Waals surface area contributed by atoms with Crippen molar-refractivity contribution in [1.82, 2.24) is 4.90 Å². The van der Waals surface area contributed by atoms with E-state index in [1.165, 1.54) is 11.3 Å². The minimum Gasteiger partial charge on any atom is -0.322 e. The summed E-state index contributed by atoms with van der Waals surface area (Å²) < 4.78 is 0. The van der Waals surface area contributed by atoms with E-state index >= 15 is 0 Å². The Bertz CT molecular complexity index is 401. The standard InChI is InChI=1S/C15H24N2S/c1-15(2,3)12-6-8-17(9-7-12)11-13(16)14-5-4-10-18-14/h4-6,10,13H,7-9,11,16H2,1-3H3. The van der Waals surface area contributed by atoms with Crippen molar-refractivity contribution in [2.75, 3.05) is 19.6 Å². The van der Waals surface area contributed by atoms with Crippen molar-refractivity contribution >= 4 is 11.3 Å². The summed E-state index contributed by atoms with van der Waals surface area (Å²) in [5, 5.41) is 2.10. The number of hydrogen-bond donors (Lipinski definition) is 1. The Hall–Kier alpha value is -0.640. The van der Waals surface area contributed by atoms with Gasteiger partial charge in [0.05, 0.1) is 6.04 Å². The quantitative estimate of drug-likeness (QED) is 0.848. The van der Waals surface area contributed by atoms with Crippen molar-refractivity contribution in [3.8, 4) is 0 Å². The first-order valence-electron chi connectivity index (χ1n) is 6.67. The fourth-order valence-electron chi connectivity index (χ4n) is 2.43. The summed E-state index contributed by atoms with van der Waals surface area (Å²) in [7, 11) is 0. The molecule has 1 aromatic heterocycles. The number of thiophene rings is 1. The molecule has 0 amide bonds. The monoisotopic (exact) mass is 264 g/mol. The third-order valence-corrected chi connectivity index (χ3v) is 4.62. The summed E-state index contributed by atoms with van der Waals surface area (Å²) in [6.07, 6.45) is 3.57. The van der Waals surface area contributed by atoms with Gasteiger partial charge in [0.25, 0.3) is 0 Å². The van der Waals surface area contributed by atoms with Crippen LogP contribution in [0.1, 0.15) is 38.1 Å². The van der Waals surface area contributed by atoms with E-state index in [4.69, 9.17) is 5.73 Å². The third kappa shape index (κ3) is 3.44. The molecule has 1 aliphatic rings. The zero-order valence-corrected chi connectivity index (χ0v) is 12.5. The van der Waals surface area contributed by atoms with Crippen molar-refractivity contribution in [2.24, 2.45) is 11.1 Å². The minimum absolute atomic E-state index is 0.162. The Balaban J connectivity index is 1.89. The molecule has 18 heavy (non-hydrogen) atoms. The SMILES string of the molecule is CC(C)(C)C1=CCN(CC(N)c2cccs2)CC1. The highest BCUT2D eigenvalue weighted by atomic mass is 32.1. The fourth-order valence-corrected chi connectivity index (χ4v) is 3.15. The zero-order valence-electron chi connectivity index (χ0n) is 11.6. The smallest absolute Gasteiger partial charge is 0.0519 e. The molecule has 0 spiro atoms. The molecule has 0 fully saturated rings. The Kier molecular flexibility index (Phi) is 4.25. The molecule has 100 valence electrons. The van der Waals surface area contributed by atoms with Crippen LogP contribution in [0, 0.1) is 5.41 Å². The van der Waals surface area contributed by atoms with Gasteiger partial charge in [-0.1, -0.05) is 38.5 Å². The van der Waals surface area contributed by atoms with Gasteiger partial charge in [-0.25, -0.2) is 0 Å². The van der Waals surface area contributed by atoms with E-state index in [2.05, 4.69) is 49.3 Å². The molecule has 3 heteroatoms. The van der Waals surface area contributed by atoms with Gasteiger partial charge >= 0.3 is 0 Å². The molecule has 0 saturated carbocycles. The molecule has 2 heterocycles. The van der Waals surface area contributed by atoms with Crippen LogP contribution in [0.5, 0.6) is 0 Å². The highest BCUT2D eigenvalue weighted by molar-refractivity contribution is 7.10. The van der Waals surface area contributed by atoms with Gasteiger partial charge in [-0.15, -0.1) is 11.3 Å². The average molecular weight is 264 g/mol. The van der Waals surface area contributed by atoms with Crippen molar-refractivity contribution in [1.29, 1.82) is 0 Å². The lowest BCUT2D eigenvalue weighted by molar-refractivity contribution is 0.264. The van der Waals surface area contributed by atoms with Crippen LogP contribution in [0.3, 0.4) is 0 Å². The third-order valence-electron chi connectivity index (χ3n) is 3.62. The molecule has 0 bridgehead atoms. The van der Waals surface area contributed by atoms with Crippen LogP contribution in [-0.4, -0.2) is 24.5 Å². The Morgan fingerprint density at radius 3 is 2.72 bits per heavy atom. The second-order valence-electron chi connectivity index (χ2n) is 6.11. The second kappa shape index (κ2) is 5.55. The van der Waals surface area contributed by atoms with Crippen LogP contribution < -0.4 is 5.73 Å². The fraction of sp³-hybridized carbons (Fsp3) is 0.600. The van der Waals surface area contributed by atoms with E-state index in [-0.39, 0.29) is 6.04 Å². The van der Waals surface area contributed by atoms with E-state index < -0.39 is 0 Å². The zero-order chi connectivity index (χ0) is 13.2. The lowest BCUT2D eigenvalue weighted by Gasteiger charge is -2.33. The predicted molar refractivity (Wildman–Crippen MR) is 79.8 cm³/mol. The average Bonchev–Trinajstić information content (AvgIpc) is 2.82. The largest absolute Gasteiger partial charge is 0.322 e. The van der Waals surface area contributed by atoms with Crippen LogP contribution in [0.15, 0.2) is 29.2 Å². The van der Waals surface area contributed by atoms with E-state index in [0.717, 1.165) is 19.6 Å². The molecular weight excluding hydrogens is 240 g/mol. The lowest BCUT2D eigenvalue weighted by Crippen LogP contribution is -2.36. The van der Waals surface area contributed by atoms with Gasteiger partial charge in [0.15, 0.2) is 0 Å². The number of nitrogens with two attached hydrogens (primary N) is 1. The van der Waals surface area contributed by atoms with Crippen LogP contribution in [0.2, 0.25) is 0 Å². The molecule has 0 radical (unpaired) electrons. The molecule has 2 N–H and O–H groups in total. The summed E-state index contributed by atoms with van der Waals surface area (Å²) in [4.78, 5) is 3.75. The van der Waals surface area contributed by atoms with E-state index in [9.17, 15) is 0 Å². The molecule has 1 aliphatic heterocycles. The first kappa shape index (κ1) is 13.8. The van der Waals surface area contributed by atoms with E-state index in [1.807, 2.05) is 0 Å². The van der Waals surface area contributed by atoms with Gasteiger partial charge in [0.1, 0.15) is 0 Å². The predicted octanol–water partition coefficient (Wildman–Crippen LogP) is 3.43. The Morgan fingerprint density at radius 2 is 2.22 bits per heavy atom. The Labute approximate surface area is 114 Å². The molecule has 1 unspecified atom stereocenters. The van der Waals surface area contributed by atoms with Crippen LogP contribution in [0.25, 0.3) is 0 Å². The second-order valence-corrected chi connectivity index (χ2v) is 7.09. The van der Waals surface area contributed by atoms with Crippen molar-refractivity contribution in [2.45, 2.75) is 33.2 Å². The van der Waals surface area contributed by atoms with Gasteiger partial charge in [-0.05, 0) is 23.3 Å². The lowest BCUT2D eigenvalue weighted by atomic mass is 9.83. The topological polar surface area (TPSA) is 29.3 Å². The van der Waals surface area contributed by atoms with Crippen LogP contribution >= 0.6 is 11.3 Å². The van der Waals surface area contributed by atoms with Crippen LogP contribution in [-0.2, 0) is 0 Å². The molecule has 0 aliphatic carbocycles. The maximum absolute atomic E-state index is 6.24. The highest BCUT2D eigenvalue weighted by Gasteiger charge is 2.22. The van der Waals surface area contributed by atoms with Gasteiger partial charge in [0, 0.05) is 24.5 Å². The first-order valence-corrected chi connectivity index (χ1v) is 7.55. The van der Waals surface area contributed by atoms with Gasteiger partial charge in [-0.3, -0.25) is 4.90 Å². The molecule has 2 rings (SSSR count). The number of rotatable bonds is 3. The normalized spacial score (nSPS) is 19.7. The number of hydrogen-bond acceptors (Lipinski definition) is 3. The minimum atomic E-state index is 0.162. The molecule has 0 saturated heterocycles. The summed E-state index contributed by atoms with van der Waals surface area (Å²) in [6, 6.07) is 4.37. The highest BCUT2D eigenvalue weighted by Crippen LogP contribution is 2.30. The van der Waals surface area contributed by atoms with Gasteiger partial charge in [-0.2, -0.15) is 0 Å². The number of nitrogens with zero attached hydrogens (tertiary/aromatic N) is 1. The summed E-state index contributed by atoms with van der Waals surface area (Å²) in [6.45, 7) is 10.0. The maximum Gasteiger partial charge on any atom is 0.0519 e. The maximum atomic E-state index is 6.24. The van der Waals surface area contributed by atoms with Crippen LogP contribution in [0.4, 0.5) is 0 Å². The molecular formula is C15H24N2S. The van der Waals surface area contributed by atoms with E-state index in [0.29, 0.717) is 5.41 Å². The van der Waals surface area contributed by atoms with Crippen molar-refractivity contribution in [3.63, 3.8) is 0 Å². The molecule has 0 aromatic carbocycles. The first-order chi connectivity index (χ1) is 8.47. The summed E-state index contributed by atoms with van der Waals surface area (Å²) >= 11 is 1.76. The summed E-state index contributed by atoms with van der Waals surface area (Å²) in [5.74, 6) is 0. The van der Waals surface area contributed by atoms with Gasteiger partial charge < -0.3 is 5.73 Å². The Morgan fingerprint density at radius 1 is 1.44 bits per heavy atom. The van der Waals surface area contributed by atoms with Gasteiger partial charge in [0.2, 0.25) is 0 Å². The van der Waals surface area contributed by atoms with Crippen molar-refractivity contribution in [3.05, 3.63) is 34.0 Å².